The molecule has 0 saturated heterocycles. The molecule has 0 unspecified atom stereocenters. The Morgan fingerprint density at radius 3 is 1.28 bits per heavy atom. The number of nitrogens with zero attached hydrogens (tertiary/aromatic N) is 6. The Balaban J connectivity index is 0.000000230. The molecule has 2 N–H and O–H groups in total. The average Bonchev–Trinajstić information content (AvgIpc) is 3.79. The minimum atomic E-state index is -0.438. The lowest BCUT2D eigenvalue weighted by molar-refractivity contribution is -0.139. The van der Waals surface area contributed by atoms with E-state index in [-0.39, 0.29) is 41.0 Å². The average molecular weight is 815 g/mol. The molecule has 0 fully saturated rings. The third kappa shape index (κ3) is 11.0. The van der Waals surface area contributed by atoms with Crippen LogP contribution in [0.1, 0.15) is 97.9 Å². The number of carbonyl (C=O) groups excluding carboxylic acids is 2. The molecule has 316 valence electrons. The van der Waals surface area contributed by atoms with Crippen molar-refractivity contribution in [2.75, 3.05) is 13.2 Å². The second kappa shape index (κ2) is 17.9. The quantitative estimate of drug-likeness (QED) is 0.0902. The predicted molar refractivity (Wildman–Crippen MR) is 236 cm³/mol. The molecule has 6 aromatic rings. The lowest BCUT2D eigenvalue weighted by Crippen LogP contribution is -2.25. The number of hydrogen-bond acceptors (Lipinski definition) is 10. The summed E-state index contributed by atoms with van der Waals surface area (Å²) in [5.41, 5.74) is 8.02. The summed E-state index contributed by atoms with van der Waals surface area (Å²) in [7, 11) is 0. The van der Waals surface area contributed by atoms with Crippen LogP contribution in [-0.4, -0.2) is 65.4 Å². The van der Waals surface area contributed by atoms with E-state index in [1.165, 1.54) is 9.59 Å². The van der Waals surface area contributed by atoms with Crippen molar-refractivity contribution in [1.29, 1.82) is 0 Å². The maximum absolute atomic E-state index is 11.8. The summed E-state index contributed by atoms with van der Waals surface area (Å²) in [6.45, 7) is 28.1. The minimum absolute atomic E-state index is 0.0830. The molecule has 0 aliphatic rings. The molecule has 12 heteroatoms. The van der Waals surface area contributed by atoms with E-state index in [9.17, 15) is 19.8 Å². The standard InChI is InChI=1S/C26H33N3O3.C22H25N3O3/c1-17(2)24(31)32-13-12-18-14-19(26(6,7)16-25(3,4)5)15-22(23(18)30)29-27-20-10-8-9-11-21(20)28-29;1-14(2)21(27)28-11-10-15-12-16(22(3,4)5)13-19(20(15)26)25-23-17-8-6-7-9-18(17)24-25/h8-11,14-15,30H,1,12-13,16H2,2-7H3;6-9,12-13,26H,1,10-11H2,2-5H3. The summed E-state index contributed by atoms with van der Waals surface area (Å²) < 4.78 is 10.5. The van der Waals surface area contributed by atoms with Gasteiger partial charge in [0.2, 0.25) is 0 Å². The number of ether oxygens (including phenoxy) is 2. The molecule has 2 aromatic heterocycles. The number of aromatic nitrogens is 6. The number of esters is 2. The first kappa shape index (κ1) is 44.8. The van der Waals surface area contributed by atoms with Crippen LogP contribution in [0.5, 0.6) is 11.5 Å². The number of aromatic hydroxyl groups is 2. The number of phenols is 2. The van der Waals surface area contributed by atoms with Gasteiger partial charge in [-0.25, -0.2) is 9.59 Å². The van der Waals surface area contributed by atoms with Crippen LogP contribution >= 0.6 is 0 Å². The Morgan fingerprint density at radius 1 is 0.600 bits per heavy atom. The van der Waals surface area contributed by atoms with E-state index in [1.54, 1.807) is 13.8 Å². The van der Waals surface area contributed by atoms with Crippen LogP contribution in [0.2, 0.25) is 0 Å². The second-order valence-corrected chi connectivity index (χ2v) is 18.2. The van der Waals surface area contributed by atoms with Gasteiger partial charge in [-0.2, -0.15) is 0 Å². The van der Waals surface area contributed by atoms with Gasteiger partial charge in [0.25, 0.3) is 0 Å². The fourth-order valence-electron chi connectivity index (χ4n) is 6.98. The van der Waals surface area contributed by atoms with Gasteiger partial charge in [0.05, 0.1) is 13.2 Å². The first-order valence-corrected chi connectivity index (χ1v) is 20.1. The van der Waals surface area contributed by atoms with Crippen molar-refractivity contribution in [3.05, 3.63) is 119 Å². The van der Waals surface area contributed by atoms with Crippen molar-refractivity contribution in [3.63, 3.8) is 0 Å². The summed E-state index contributed by atoms with van der Waals surface area (Å²) in [4.78, 5) is 26.3. The molecular weight excluding hydrogens is 757 g/mol. The lowest BCUT2D eigenvalue weighted by Gasteiger charge is -2.33. The van der Waals surface area contributed by atoms with E-state index < -0.39 is 11.9 Å². The third-order valence-electron chi connectivity index (χ3n) is 9.87. The van der Waals surface area contributed by atoms with Crippen LogP contribution in [0.4, 0.5) is 0 Å². The Hall–Kier alpha value is -6.30. The number of carbonyl (C=O) groups is 2. The Bertz CT molecular complexity index is 2480. The Labute approximate surface area is 352 Å². The second-order valence-electron chi connectivity index (χ2n) is 18.2. The molecule has 0 aliphatic carbocycles. The highest BCUT2D eigenvalue weighted by Crippen LogP contribution is 2.40. The molecule has 0 saturated carbocycles. The van der Waals surface area contributed by atoms with Crippen LogP contribution in [0.25, 0.3) is 33.4 Å². The largest absolute Gasteiger partial charge is 0.505 e. The Morgan fingerprint density at radius 2 is 0.950 bits per heavy atom. The maximum Gasteiger partial charge on any atom is 0.333 e. The van der Waals surface area contributed by atoms with Gasteiger partial charge in [0.15, 0.2) is 0 Å². The molecule has 0 bridgehead atoms. The minimum Gasteiger partial charge on any atom is -0.505 e. The van der Waals surface area contributed by atoms with E-state index in [1.807, 2.05) is 72.8 Å². The summed E-state index contributed by atoms with van der Waals surface area (Å²) in [6.07, 6.45) is 1.70. The Kier molecular flexibility index (Phi) is 13.4. The number of rotatable bonds is 12. The van der Waals surface area contributed by atoms with Crippen LogP contribution in [0.3, 0.4) is 0 Å². The molecule has 0 amide bonds. The van der Waals surface area contributed by atoms with Crippen molar-refractivity contribution in [2.24, 2.45) is 5.41 Å². The van der Waals surface area contributed by atoms with E-state index in [0.29, 0.717) is 46.5 Å². The summed E-state index contributed by atoms with van der Waals surface area (Å²) >= 11 is 0. The van der Waals surface area contributed by atoms with Gasteiger partial charge in [-0.15, -0.1) is 30.0 Å². The van der Waals surface area contributed by atoms with E-state index in [0.717, 1.165) is 39.6 Å². The SMILES string of the molecule is C=C(C)C(=O)OCCc1cc(C(C)(C)C)cc(-n2nc3ccccc3n2)c1O.C=C(C)C(=O)OCCc1cc(C(C)(C)CC(C)(C)C)cc(-n2nc3ccccc3n2)c1O. The van der Waals surface area contributed by atoms with Crippen molar-refractivity contribution >= 4 is 34.0 Å². The summed E-state index contributed by atoms with van der Waals surface area (Å²) in [6, 6.07) is 22.9. The van der Waals surface area contributed by atoms with Crippen molar-refractivity contribution in [1.82, 2.24) is 30.0 Å². The van der Waals surface area contributed by atoms with Gasteiger partial charge < -0.3 is 19.7 Å². The van der Waals surface area contributed by atoms with Crippen molar-refractivity contribution in [3.8, 4) is 22.9 Å². The first-order chi connectivity index (χ1) is 28.0. The molecule has 4 aromatic carbocycles. The van der Waals surface area contributed by atoms with Gasteiger partial charge in [0, 0.05) is 24.0 Å². The topological polar surface area (TPSA) is 154 Å². The van der Waals surface area contributed by atoms with Crippen LogP contribution in [0, 0.1) is 5.41 Å². The number of fused-ring (bicyclic) bond motifs is 2. The first-order valence-electron chi connectivity index (χ1n) is 20.1. The highest BCUT2D eigenvalue weighted by Gasteiger charge is 2.30. The molecule has 0 atom stereocenters. The van der Waals surface area contributed by atoms with Gasteiger partial charge in [-0.3, -0.25) is 0 Å². The molecular formula is C48H58N6O6. The van der Waals surface area contributed by atoms with Crippen LogP contribution in [-0.2, 0) is 42.7 Å². The van der Waals surface area contributed by atoms with E-state index >= 15 is 0 Å². The summed E-state index contributed by atoms with van der Waals surface area (Å²) in [5, 5.41) is 40.1. The number of hydrogen-bond donors (Lipinski definition) is 2. The van der Waals surface area contributed by atoms with Gasteiger partial charge in [0.1, 0.15) is 44.9 Å². The highest BCUT2D eigenvalue weighted by atomic mass is 16.5. The number of benzene rings is 4. The van der Waals surface area contributed by atoms with Crippen molar-refractivity contribution < 1.29 is 29.3 Å². The zero-order valence-corrected chi connectivity index (χ0v) is 36.6. The van der Waals surface area contributed by atoms with Crippen LogP contribution in [0.15, 0.2) is 97.1 Å². The normalized spacial score (nSPS) is 11.9. The van der Waals surface area contributed by atoms with Gasteiger partial charge in [-0.1, -0.05) is 105 Å². The smallest absolute Gasteiger partial charge is 0.333 e. The molecule has 0 aliphatic heterocycles. The van der Waals surface area contributed by atoms with Gasteiger partial charge in [-0.05, 0) is 95.2 Å². The molecule has 0 radical (unpaired) electrons. The lowest BCUT2D eigenvalue weighted by atomic mass is 9.72. The van der Waals surface area contributed by atoms with Crippen molar-refractivity contribution in [2.45, 2.75) is 99.3 Å². The summed E-state index contributed by atoms with van der Waals surface area (Å²) in [5.74, 6) is -0.702. The molecule has 2 heterocycles. The highest BCUT2D eigenvalue weighted by molar-refractivity contribution is 5.87. The fourth-order valence-corrected chi connectivity index (χ4v) is 6.98. The number of phenolic OH excluding ortho intramolecular Hbond substituents is 2. The van der Waals surface area contributed by atoms with Gasteiger partial charge >= 0.3 is 11.9 Å². The molecule has 12 nitrogen and oxygen atoms in total. The fraction of sp³-hybridized carbons (Fsp3) is 0.375. The molecule has 60 heavy (non-hydrogen) atoms. The third-order valence-corrected chi connectivity index (χ3v) is 9.87. The zero-order valence-electron chi connectivity index (χ0n) is 36.6. The molecule has 0 spiro atoms. The van der Waals surface area contributed by atoms with E-state index in [4.69, 9.17) is 9.47 Å². The zero-order chi connectivity index (χ0) is 44.2. The monoisotopic (exact) mass is 814 g/mol. The van der Waals surface area contributed by atoms with E-state index in [2.05, 4.69) is 88.9 Å². The maximum atomic E-state index is 11.8. The van der Waals surface area contributed by atoms with Crippen LogP contribution < -0.4 is 0 Å². The molecule has 6 rings (SSSR count). The predicted octanol–water partition coefficient (Wildman–Crippen LogP) is 9.59.